The molecule has 6 atom stereocenters. The summed E-state index contributed by atoms with van der Waals surface area (Å²) in [5.74, 6) is -0.821. The number of anilines is 1. The fraction of sp³-hybridized carbons (Fsp3) is 0.533. The van der Waals surface area contributed by atoms with Crippen molar-refractivity contribution < 1.29 is 34.8 Å². The number of amides is 3. The standard InChI is InChI=1S/C15H22N8O7/c1-5(25)7(16)13(28)21-22-15(29)20-11-8-12(18-3-17-11)23(4-19-8)14-10(27)9(26)6(2-24)30-14/h3-7,9-10,14,24-27H,2,16H2,1H3,(H,21,28)(H2,17,18,20,22,29)/t5?,6-,7?,9-,10-,14-/m1/s1. The topological polar surface area (TPSA) is 230 Å². The maximum atomic E-state index is 12.0. The quantitative estimate of drug-likeness (QED) is 0.217. The van der Waals surface area contributed by atoms with Crippen LogP contribution in [0.3, 0.4) is 0 Å². The summed E-state index contributed by atoms with van der Waals surface area (Å²) in [6, 6.07) is -2.11. The molecule has 1 aliphatic rings. The smallest absolute Gasteiger partial charge is 0.339 e. The molecule has 9 N–H and O–H groups in total. The van der Waals surface area contributed by atoms with Gasteiger partial charge < -0.3 is 30.9 Å². The summed E-state index contributed by atoms with van der Waals surface area (Å²) in [4.78, 5) is 35.7. The SMILES string of the molecule is CC(O)C(N)C(=O)NNC(=O)Nc1ncnc2c1ncn2[C@@H]1O[C@H](CO)[C@@H](O)[C@H]1O. The summed E-state index contributed by atoms with van der Waals surface area (Å²) in [5.41, 5.74) is 9.86. The van der Waals surface area contributed by atoms with Crippen LogP contribution in [-0.2, 0) is 9.53 Å². The molecule has 0 aliphatic carbocycles. The first-order valence-corrected chi connectivity index (χ1v) is 8.85. The van der Waals surface area contributed by atoms with Crippen molar-refractivity contribution in [3.05, 3.63) is 12.7 Å². The number of nitrogens with zero attached hydrogens (tertiary/aromatic N) is 4. The summed E-state index contributed by atoms with van der Waals surface area (Å²) in [6.45, 7) is 0.832. The van der Waals surface area contributed by atoms with E-state index in [2.05, 4.69) is 25.7 Å². The third kappa shape index (κ3) is 4.16. The van der Waals surface area contributed by atoms with E-state index in [0.29, 0.717) is 0 Å². The molecule has 3 amide bonds. The number of carbonyl (C=O) groups is 2. The number of fused-ring (bicyclic) bond motifs is 1. The molecule has 3 rings (SSSR count). The van der Waals surface area contributed by atoms with Crippen molar-refractivity contribution >= 4 is 28.9 Å². The van der Waals surface area contributed by atoms with E-state index in [0.717, 1.165) is 6.33 Å². The first-order valence-electron chi connectivity index (χ1n) is 8.85. The Balaban J connectivity index is 1.73. The van der Waals surface area contributed by atoms with Crippen molar-refractivity contribution in [1.82, 2.24) is 30.4 Å². The minimum atomic E-state index is -1.34. The zero-order chi connectivity index (χ0) is 22.0. The van der Waals surface area contributed by atoms with Gasteiger partial charge in [0.05, 0.1) is 19.0 Å². The zero-order valence-corrected chi connectivity index (χ0v) is 15.7. The average Bonchev–Trinajstić information content (AvgIpc) is 3.27. The normalized spacial score (nSPS) is 25.7. The van der Waals surface area contributed by atoms with E-state index in [-0.39, 0.29) is 17.0 Å². The van der Waals surface area contributed by atoms with Gasteiger partial charge in [0.1, 0.15) is 30.7 Å². The summed E-state index contributed by atoms with van der Waals surface area (Å²) >= 11 is 0. The van der Waals surface area contributed by atoms with Crippen LogP contribution in [0.4, 0.5) is 10.6 Å². The van der Waals surface area contributed by atoms with Gasteiger partial charge in [0, 0.05) is 0 Å². The fourth-order valence-corrected chi connectivity index (χ4v) is 2.80. The number of nitrogens with one attached hydrogen (secondary N) is 3. The van der Waals surface area contributed by atoms with E-state index in [4.69, 9.17) is 10.5 Å². The molecule has 164 valence electrons. The average molecular weight is 426 g/mol. The molecular weight excluding hydrogens is 404 g/mol. The molecule has 0 spiro atoms. The Morgan fingerprint density at radius 2 is 2.00 bits per heavy atom. The Bertz CT molecular complexity index is 922. The Hall–Kier alpha value is -2.95. The van der Waals surface area contributed by atoms with Gasteiger partial charge in [-0.3, -0.25) is 20.1 Å². The molecule has 15 nitrogen and oxygen atoms in total. The number of aromatic nitrogens is 4. The van der Waals surface area contributed by atoms with Crippen LogP contribution in [0, 0.1) is 0 Å². The van der Waals surface area contributed by atoms with Crippen LogP contribution in [0.25, 0.3) is 11.2 Å². The van der Waals surface area contributed by atoms with Gasteiger partial charge in [0.25, 0.3) is 5.91 Å². The number of imidazole rings is 1. The molecule has 1 aliphatic heterocycles. The first-order chi connectivity index (χ1) is 14.2. The molecule has 30 heavy (non-hydrogen) atoms. The maximum Gasteiger partial charge on any atom is 0.339 e. The molecule has 1 saturated heterocycles. The number of aliphatic hydroxyl groups excluding tert-OH is 4. The lowest BCUT2D eigenvalue weighted by molar-refractivity contribution is -0.125. The van der Waals surface area contributed by atoms with Gasteiger partial charge in [-0.1, -0.05) is 0 Å². The largest absolute Gasteiger partial charge is 0.394 e. The number of urea groups is 1. The molecule has 2 unspecified atom stereocenters. The predicted octanol–water partition coefficient (Wildman–Crippen LogP) is -3.70. The molecule has 15 heteroatoms. The lowest BCUT2D eigenvalue weighted by Crippen LogP contribution is -2.53. The van der Waals surface area contributed by atoms with E-state index in [1.807, 2.05) is 5.43 Å². The Labute approximate surface area is 168 Å². The second-order valence-electron chi connectivity index (χ2n) is 6.61. The molecule has 2 aromatic rings. The summed E-state index contributed by atoms with van der Waals surface area (Å²) < 4.78 is 6.77. The number of hydrogen-bond donors (Lipinski definition) is 8. The summed E-state index contributed by atoms with van der Waals surface area (Å²) in [6.07, 6.45) is -3.42. The van der Waals surface area contributed by atoms with Crippen LogP contribution >= 0.6 is 0 Å². The number of ether oxygens (including phenoxy) is 1. The Kier molecular flexibility index (Phi) is 6.40. The number of nitrogens with two attached hydrogens (primary N) is 1. The zero-order valence-electron chi connectivity index (χ0n) is 15.7. The second kappa shape index (κ2) is 8.82. The Morgan fingerprint density at radius 1 is 1.27 bits per heavy atom. The lowest BCUT2D eigenvalue weighted by atomic mass is 10.1. The van der Waals surface area contributed by atoms with Crippen molar-refractivity contribution in [2.24, 2.45) is 5.73 Å². The van der Waals surface area contributed by atoms with Gasteiger partial charge >= 0.3 is 6.03 Å². The van der Waals surface area contributed by atoms with E-state index in [1.165, 1.54) is 17.8 Å². The fourth-order valence-electron chi connectivity index (χ4n) is 2.80. The predicted molar refractivity (Wildman–Crippen MR) is 98.3 cm³/mol. The van der Waals surface area contributed by atoms with Crippen LogP contribution in [0.2, 0.25) is 0 Å². The van der Waals surface area contributed by atoms with Crippen LogP contribution in [0.15, 0.2) is 12.7 Å². The van der Waals surface area contributed by atoms with Gasteiger partial charge in [-0.2, -0.15) is 0 Å². The number of carbonyl (C=O) groups excluding carboxylic acids is 2. The third-order valence-corrected chi connectivity index (χ3v) is 4.50. The summed E-state index contributed by atoms with van der Waals surface area (Å²) in [7, 11) is 0. The maximum absolute atomic E-state index is 12.0. The molecule has 1 fully saturated rings. The van der Waals surface area contributed by atoms with E-state index >= 15 is 0 Å². The highest BCUT2D eigenvalue weighted by Crippen LogP contribution is 2.31. The number of hydrogen-bond acceptors (Lipinski definition) is 11. The molecule has 0 radical (unpaired) electrons. The highest BCUT2D eigenvalue weighted by molar-refractivity contribution is 5.96. The molecule has 3 heterocycles. The van der Waals surface area contributed by atoms with Crippen LogP contribution in [0.1, 0.15) is 13.2 Å². The van der Waals surface area contributed by atoms with E-state index in [1.54, 1.807) is 0 Å². The number of aliphatic hydroxyl groups is 4. The van der Waals surface area contributed by atoms with Gasteiger partial charge in [-0.05, 0) is 6.92 Å². The van der Waals surface area contributed by atoms with Gasteiger partial charge in [-0.25, -0.2) is 25.2 Å². The van der Waals surface area contributed by atoms with Gasteiger partial charge in [0.2, 0.25) is 0 Å². The number of rotatable bonds is 5. The molecule has 0 aromatic carbocycles. The summed E-state index contributed by atoms with van der Waals surface area (Å²) in [5, 5.41) is 41.0. The Morgan fingerprint density at radius 3 is 2.63 bits per heavy atom. The highest BCUT2D eigenvalue weighted by atomic mass is 16.6. The monoisotopic (exact) mass is 426 g/mol. The van der Waals surface area contributed by atoms with Crippen LogP contribution < -0.4 is 21.9 Å². The molecule has 0 saturated carbocycles. The van der Waals surface area contributed by atoms with Crippen molar-refractivity contribution in [3.8, 4) is 0 Å². The van der Waals surface area contributed by atoms with Crippen molar-refractivity contribution in [2.45, 2.75) is 43.6 Å². The third-order valence-electron chi connectivity index (χ3n) is 4.50. The van der Waals surface area contributed by atoms with Crippen molar-refractivity contribution in [2.75, 3.05) is 11.9 Å². The van der Waals surface area contributed by atoms with E-state index in [9.17, 15) is 30.0 Å². The molecule has 0 bridgehead atoms. The van der Waals surface area contributed by atoms with Crippen molar-refractivity contribution in [3.63, 3.8) is 0 Å². The van der Waals surface area contributed by atoms with Gasteiger partial charge in [-0.15, -0.1) is 0 Å². The minimum Gasteiger partial charge on any atom is -0.394 e. The van der Waals surface area contributed by atoms with Gasteiger partial charge in [0.15, 0.2) is 23.2 Å². The highest BCUT2D eigenvalue weighted by Gasteiger charge is 2.44. The molecular formula is C15H22N8O7. The first kappa shape index (κ1) is 21.8. The van der Waals surface area contributed by atoms with Crippen LogP contribution in [-0.4, -0.2) is 88.9 Å². The lowest BCUT2D eigenvalue weighted by Gasteiger charge is -2.16. The number of hydrazine groups is 1. The molecule has 2 aromatic heterocycles. The minimum absolute atomic E-state index is 0.0166. The van der Waals surface area contributed by atoms with E-state index < -0.39 is 55.2 Å². The van der Waals surface area contributed by atoms with Crippen LogP contribution in [0.5, 0.6) is 0 Å². The van der Waals surface area contributed by atoms with Crippen molar-refractivity contribution in [1.29, 1.82) is 0 Å². The second-order valence-corrected chi connectivity index (χ2v) is 6.61.